The number of halogens is 1. The van der Waals surface area contributed by atoms with E-state index in [2.05, 4.69) is 15.1 Å². The molecule has 1 unspecified atom stereocenters. The standard InChI is InChI=1S/C18H28FN3O/c1-14(2)20-18(23)15(3)22-10-4-9-21(11-12-22)13-16-5-7-17(19)8-6-16/h5-8,14-15H,4,9-13H2,1-3H3,(H,20,23). The molecule has 0 spiro atoms. The molecule has 23 heavy (non-hydrogen) atoms. The van der Waals surface area contributed by atoms with E-state index in [1.807, 2.05) is 32.9 Å². The maximum Gasteiger partial charge on any atom is 0.237 e. The van der Waals surface area contributed by atoms with Gasteiger partial charge in [-0.25, -0.2) is 4.39 Å². The van der Waals surface area contributed by atoms with Crippen LogP contribution in [0.5, 0.6) is 0 Å². The van der Waals surface area contributed by atoms with Crippen molar-refractivity contribution in [1.29, 1.82) is 0 Å². The second kappa shape index (κ2) is 8.41. The van der Waals surface area contributed by atoms with Gasteiger partial charge in [0, 0.05) is 32.2 Å². The summed E-state index contributed by atoms with van der Waals surface area (Å²) in [6, 6.07) is 6.79. The van der Waals surface area contributed by atoms with Gasteiger partial charge in [0.2, 0.25) is 5.91 Å². The van der Waals surface area contributed by atoms with Crippen LogP contribution in [0.2, 0.25) is 0 Å². The van der Waals surface area contributed by atoms with Gasteiger partial charge in [-0.2, -0.15) is 0 Å². The molecule has 1 N–H and O–H groups in total. The van der Waals surface area contributed by atoms with Crippen molar-refractivity contribution in [3.8, 4) is 0 Å². The molecule has 0 aromatic heterocycles. The first kappa shape index (κ1) is 17.9. The summed E-state index contributed by atoms with van der Waals surface area (Å²) < 4.78 is 13.0. The minimum Gasteiger partial charge on any atom is -0.353 e. The molecule has 0 aliphatic carbocycles. The van der Waals surface area contributed by atoms with Crippen LogP contribution in [0.4, 0.5) is 4.39 Å². The van der Waals surface area contributed by atoms with E-state index in [1.165, 1.54) is 12.1 Å². The second-order valence-electron chi connectivity index (χ2n) is 6.63. The molecule has 4 nitrogen and oxygen atoms in total. The van der Waals surface area contributed by atoms with E-state index >= 15 is 0 Å². The number of nitrogens with zero attached hydrogens (tertiary/aromatic N) is 2. The summed E-state index contributed by atoms with van der Waals surface area (Å²) in [7, 11) is 0. The molecule has 0 saturated carbocycles. The molecular weight excluding hydrogens is 293 g/mol. The highest BCUT2D eigenvalue weighted by Crippen LogP contribution is 2.12. The Morgan fingerprint density at radius 3 is 2.48 bits per heavy atom. The Kier molecular flexibility index (Phi) is 6.54. The highest BCUT2D eigenvalue weighted by atomic mass is 19.1. The molecular formula is C18H28FN3O. The van der Waals surface area contributed by atoms with Crippen molar-refractivity contribution in [3.05, 3.63) is 35.6 Å². The molecule has 5 heteroatoms. The van der Waals surface area contributed by atoms with Gasteiger partial charge in [-0.3, -0.25) is 14.6 Å². The van der Waals surface area contributed by atoms with E-state index in [1.54, 1.807) is 0 Å². The van der Waals surface area contributed by atoms with E-state index < -0.39 is 0 Å². The summed E-state index contributed by atoms with van der Waals surface area (Å²) in [5.41, 5.74) is 1.13. The van der Waals surface area contributed by atoms with Crippen LogP contribution in [0.15, 0.2) is 24.3 Å². The predicted molar refractivity (Wildman–Crippen MR) is 90.6 cm³/mol. The molecule has 1 aromatic carbocycles. The molecule has 2 rings (SSSR count). The lowest BCUT2D eigenvalue weighted by atomic mass is 10.2. The van der Waals surface area contributed by atoms with Gasteiger partial charge in [-0.15, -0.1) is 0 Å². The number of amides is 1. The summed E-state index contributed by atoms with van der Waals surface area (Å²) in [6.45, 7) is 10.5. The normalized spacial score (nSPS) is 18.7. The molecule has 1 amide bonds. The van der Waals surface area contributed by atoms with Crippen LogP contribution in [0.25, 0.3) is 0 Å². The zero-order valence-electron chi connectivity index (χ0n) is 14.4. The molecule has 0 bridgehead atoms. The predicted octanol–water partition coefficient (Wildman–Crippen LogP) is 2.25. The van der Waals surface area contributed by atoms with E-state index in [4.69, 9.17) is 0 Å². The fourth-order valence-electron chi connectivity index (χ4n) is 2.96. The van der Waals surface area contributed by atoms with Gasteiger partial charge in [0.05, 0.1) is 6.04 Å². The van der Waals surface area contributed by atoms with Crippen LogP contribution in [0.3, 0.4) is 0 Å². The first-order valence-corrected chi connectivity index (χ1v) is 8.47. The molecule has 1 aliphatic rings. The molecule has 1 fully saturated rings. The van der Waals surface area contributed by atoms with Gasteiger partial charge in [0.1, 0.15) is 5.82 Å². The molecule has 1 aromatic rings. The van der Waals surface area contributed by atoms with Gasteiger partial charge < -0.3 is 5.32 Å². The van der Waals surface area contributed by atoms with Gasteiger partial charge in [0.15, 0.2) is 0 Å². The Morgan fingerprint density at radius 1 is 1.13 bits per heavy atom. The van der Waals surface area contributed by atoms with E-state index in [-0.39, 0.29) is 23.8 Å². The van der Waals surface area contributed by atoms with Crippen LogP contribution in [0, 0.1) is 5.82 Å². The largest absolute Gasteiger partial charge is 0.353 e. The van der Waals surface area contributed by atoms with Crippen LogP contribution in [-0.4, -0.2) is 54.0 Å². The van der Waals surface area contributed by atoms with E-state index in [0.29, 0.717) is 0 Å². The lowest BCUT2D eigenvalue weighted by Crippen LogP contribution is -2.48. The van der Waals surface area contributed by atoms with Crippen LogP contribution < -0.4 is 5.32 Å². The molecule has 0 radical (unpaired) electrons. The summed E-state index contributed by atoms with van der Waals surface area (Å²) >= 11 is 0. The summed E-state index contributed by atoms with van der Waals surface area (Å²) in [5, 5.41) is 2.99. The zero-order valence-corrected chi connectivity index (χ0v) is 14.4. The van der Waals surface area contributed by atoms with Crippen molar-refractivity contribution in [2.45, 2.75) is 45.8 Å². The minimum absolute atomic E-state index is 0.0943. The Bertz CT molecular complexity index is 503. The monoisotopic (exact) mass is 321 g/mol. The van der Waals surface area contributed by atoms with Crippen molar-refractivity contribution in [2.24, 2.45) is 0 Å². The molecule has 1 saturated heterocycles. The van der Waals surface area contributed by atoms with Crippen molar-refractivity contribution < 1.29 is 9.18 Å². The van der Waals surface area contributed by atoms with Crippen molar-refractivity contribution in [2.75, 3.05) is 26.2 Å². The molecule has 1 aliphatic heterocycles. The van der Waals surface area contributed by atoms with Crippen LogP contribution in [0.1, 0.15) is 32.8 Å². The molecule has 128 valence electrons. The Labute approximate surface area is 138 Å². The lowest BCUT2D eigenvalue weighted by molar-refractivity contribution is -0.126. The first-order valence-electron chi connectivity index (χ1n) is 8.47. The van der Waals surface area contributed by atoms with Gasteiger partial charge in [0.25, 0.3) is 0 Å². The quantitative estimate of drug-likeness (QED) is 0.903. The van der Waals surface area contributed by atoms with Crippen LogP contribution in [-0.2, 0) is 11.3 Å². The molecule has 1 heterocycles. The fraction of sp³-hybridized carbons (Fsp3) is 0.611. The zero-order chi connectivity index (χ0) is 16.8. The maximum atomic E-state index is 13.0. The van der Waals surface area contributed by atoms with Gasteiger partial charge >= 0.3 is 0 Å². The average molecular weight is 321 g/mol. The highest BCUT2D eigenvalue weighted by molar-refractivity contribution is 5.81. The third-order valence-electron chi connectivity index (χ3n) is 4.30. The number of hydrogen-bond donors (Lipinski definition) is 1. The maximum absolute atomic E-state index is 13.0. The minimum atomic E-state index is -0.194. The van der Waals surface area contributed by atoms with Gasteiger partial charge in [-0.05, 0) is 51.4 Å². The summed E-state index contributed by atoms with van der Waals surface area (Å²) in [6.07, 6.45) is 1.04. The summed E-state index contributed by atoms with van der Waals surface area (Å²) in [4.78, 5) is 16.8. The molecule has 1 atom stereocenters. The van der Waals surface area contributed by atoms with Crippen molar-refractivity contribution in [1.82, 2.24) is 15.1 Å². The van der Waals surface area contributed by atoms with Crippen LogP contribution >= 0.6 is 0 Å². The Hall–Kier alpha value is -1.46. The third kappa shape index (κ3) is 5.59. The topological polar surface area (TPSA) is 35.6 Å². The fourth-order valence-corrected chi connectivity index (χ4v) is 2.96. The number of nitrogens with one attached hydrogen (secondary N) is 1. The number of hydrogen-bond acceptors (Lipinski definition) is 3. The Morgan fingerprint density at radius 2 is 1.83 bits per heavy atom. The number of carbonyl (C=O) groups is 1. The SMILES string of the molecule is CC(C)NC(=O)C(C)N1CCCN(Cc2ccc(F)cc2)CC1. The van der Waals surface area contributed by atoms with E-state index in [0.717, 1.165) is 44.7 Å². The van der Waals surface area contributed by atoms with Crippen molar-refractivity contribution >= 4 is 5.91 Å². The Balaban J connectivity index is 1.86. The van der Waals surface area contributed by atoms with Crippen molar-refractivity contribution in [3.63, 3.8) is 0 Å². The lowest BCUT2D eigenvalue weighted by Gasteiger charge is -2.27. The smallest absolute Gasteiger partial charge is 0.237 e. The second-order valence-corrected chi connectivity index (χ2v) is 6.63. The van der Waals surface area contributed by atoms with E-state index in [9.17, 15) is 9.18 Å². The highest BCUT2D eigenvalue weighted by Gasteiger charge is 2.24. The number of rotatable bonds is 5. The summed E-state index contributed by atoms with van der Waals surface area (Å²) in [5.74, 6) is -0.0900. The first-order chi connectivity index (χ1) is 11.0. The van der Waals surface area contributed by atoms with Gasteiger partial charge in [-0.1, -0.05) is 12.1 Å². The number of benzene rings is 1. The number of carbonyl (C=O) groups excluding carboxylic acids is 1. The average Bonchev–Trinajstić information content (AvgIpc) is 2.74. The third-order valence-corrected chi connectivity index (χ3v) is 4.30.